The summed E-state index contributed by atoms with van der Waals surface area (Å²) in [5.74, 6) is 0.150. The van der Waals surface area contributed by atoms with Crippen LogP contribution in [-0.2, 0) is 14.9 Å². The van der Waals surface area contributed by atoms with Crippen molar-refractivity contribution in [2.24, 2.45) is 0 Å². The van der Waals surface area contributed by atoms with Crippen LogP contribution < -0.4 is 10.6 Å². The number of carbonyl (C=O) groups is 2. The number of thiophene rings is 1. The predicted molar refractivity (Wildman–Crippen MR) is 115 cm³/mol. The van der Waals surface area contributed by atoms with E-state index in [2.05, 4.69) is 22.1 Å². The molecule has 2 aliphatic rings. The number of hydrogen-bond donors (Lipinski definition) is 2. The van der Waals surface area contributed by atoms with Crippen molar-refractivity contribution in [3.8, 4) is 0 Å². The Morgan fingerprint density at radius 3 is 2.52 bits per heavy atom. The van der Waals surface area contributed by atoms with E-state index < -0.39 is 6.09 Å². The highest BCUT2D eigenvalue weighted by molar-refractivity contribution is 7.10. The van der Waals surface area contributed by atoms with Crippen molar-refractivity contribution in [3.63, 3.8) is 0 Å². The van der Waals surface area contributed by atoms with Gasteiger partial charge in [-0.3, -0.25) is 10.1 Å². The summed E-state index contributed by atoms with van der Waals surface area (Å²) in [6.07, 6.45) is 6.84. The Bertz CT molecular complexity index is 816. The quantitative estimate of drug-likeness (QED) is 0.706. The van der Waals surface area contributed by atoms with Crippen LogP contribution in [-0.4, -0.2) is 24.1 Å². The zero-order valence-corrected chi connectivity index (χ0v) is 17.4. The normalized spacial score (nSPS) is 23.3. The van der Waals surface area contributed by atoms with Crippen LogP contribution in [0.4, 0.5) is 10.5 Å². The van der Waals surface area contributed by atoms with Crippen molar-refractivity contribution in [1.29, 1.82) is 0 Å². The highest BCUT2D eigenvalue weighted by Gasteiger charge is 2.44. The Labute approximate surface area is 175 Å². The van der Waals surface area contributed by atoms with Crippen LogP contribution in [0.15, 0.2) is 47.8 Å². The molecule has 0 spiro atoms. The summed E-state index contributed by atoms with van der Waals surface area (Å²) in [5, 5.41) is 8.12. The van der Waals surface area contributed by atoms with Crippen molar-refractivity contribution in [3.05, 3.63) is 52.7 Å². The average Bonchev–Trinajstić information content (AvgIpc) is 3.41. The number of rotatable bonds is 5. The second-order valence-electron chi connectivity index (χ2n) is 8.12. The molecule has 2 amide bonds. The van der Waals surface area contributed by atoms with Crippen LogP contribution in [0, 0.1) is 0 Å². The molecule has 0 unspecified atom stereocenters. The van der Waals surface area contributed by atoms with Gasteiger partial charge in [-0.15, -0.1) is 11.3 Å². The van der Waals surface area contributed by atoms with Crippen LogP contribution in [0.3, 0.4) is 0 Å². The third kappa shape index (κ3) is 4.64. The minimum absolute atomic E-state index is 0.0585. The Kier molecular flexibility index (Phi) is 6.19. The predicted octanol–water partition coefficient (Wildman–Crippen LogP) is 5.24. The molecule has 0 bridgehead atoms. The largest absolute Gasteiger partial charge is 0.446 e. The van der Waals surface area contributed by atoms with E-state index in [1.54, 1.807) is 11.3 Å². The van der Waals surface area contributed by atoms with E-state index in [0.29, 0.717) is 6.42 Å². The highest BCUT2D eigenvalue weighted by Crippen LogP contribution is 2.43. The van der Waals surface area contributed by atoms with E-state index in [0.717, 1.165) is 50.6 Å². The van der Waals surface area contributed by atoms with E-state index in [4.69, 9.17) is 4.74 Å². The lowest BCUT2D eigenvalue weighted by atomic mass is 9.82. The number of hydrogen-bond acceptors (Lipinski definition) is 4. The van der Waals surface area contributed by atoms with Gasteiger partial charge in [-0.25, -0.2) is 4.79 Å². The van der Waals surface area contributed by atoms with Crippen molar-refractivity contribution in [2.45, 2.75) is 68.9 Å². The molecule has 2 fully saturated rings. The summed E-state index contributed by atoms with van der Waals surface area (Å²) < 4.78 is 5.63. The van der Waals surface area contributed by atoms with Gasteiger partial charge >= 0.3 is 6.09 Å². The molecular weight excluding hydrogens is 384 g/mol. The number of anilines is 1. The molecule has 29 heavy (non-hydrogen) atoms. The molecule has 2 atom stereocenters. The van der Waals surface area contributed by atoms with Gasteiger partial charge in [0.2, 0.25) is 5.91 Å². The molecule has 0 saturated heterocycles. The number of benzene rings is 1. The maximum absolute atomic E-state index is 13.3. The monoisotopic (exact) mass is 412 g/mol. The number of amides is 2. The summed E-state index contributed by atoms with van der Waals surface area (Å²) in [5.41, 5.74) is 0.351. The minimum atomic E-state index is -0.431. The molecule has 154 valence electrons. The summed E-state index contributed by atoms with van der Waals surface area (Å²) in [7, 11) is 0. The Hall–Kier alpha value is -2.34. The van der Waals surface area contributed by atoms with Crippen molar-refractivity contribution >= 4 is 29.0 Å². The molecule has 1 aromatic heterocycles. The number of para-hydroxylation sites is 1. The minimum Gasteiger partial charge on any atom is -0.446 e. The molecule has 2 saturated carbocycles. The highest BCUT2D eigenvalue weighted by atomic mass is 32.1. The summed E-state index contributed by atoms with van der Waals surface area (Å²) in [6, 6.07) is 13.5. The van der Waals surface area contributed by atoms with E-state index >= 15 is 0 Å². The fourth-order valence-electron chi connectivity index (χ4n) is 4.64. The second kappa shape index (κ2) is 8.99. The lowest BCUT2D eigenvalue weighted by molar-refractivity contribution is -0.127. The van der Waals surface area contributed by atoms with E-state index in [-0.39, 0.29) is 23.5 Å². The Morgan fingerprint density at radius 1 is 1.00 bits per heavy atom. The molecule has 2 N–H and O–H groups in total. The molecule has 1 heterocycles. The van der Waals surface area contributed by atoms with Gasteiger partial charge in [0.15, 0.2) is 0 Å². The van der Waals surface area contributed by atoms with Gasteiger partial charge in [0.05, 0.1) is 5.41 Å². The van der Waals surface area contributed by atoms with Crippen molar-refractivity contribution in [2.75, 3.05) is 5.32 Å². The summed E-state index contributed by atoms with van der Waals surface area (Å²) in [6.45, 7) is 0. The molecule has 6 heteroatoms. The summed E-state index contributed by atoms with van der Waals surface area (Å²) >= 11 is 1.68. The third-order valence-corrected chi connectivity index (χ3v) is 7.21. The molecular formula is C23H28N2O3S. The van der Waals surface area contributed by atoms with Gasteiger partial charge < -0.3 is 10.1 Å². The van der Waals surface area contributed by atoms with E-state index in [1.165, 1.54) is 4.88 Å². The van der Waals surface area contributed by atoms with E-state index in [1.807, 2.05) is 36.4 Å². The number of ether oxygens (including phenoxy) is 1. The zero-order valence-electron chi connectivity index (χ0n) is 16.6. The maximum Gasteiger partial charge on any atom is 0.411 e. The first-order valence-corrected chi connectivity index (χ1v) is 11.4. The first-order valence-electron chi connectivity index (χ1n) is 10.5. The fourth-order valence-corrected chi connectivity index (χ4v) is 5.62. The second-order valence-corrected chi connectivity index (χ2v) is 9.07. The lowest BCUT2D eigenvalue weighted by Crippen LogP contribution is -2.49. The van der Waals surface area contributed by atoms with Gasteiger partial charge in [0.1, 0.15) is 6.10 Å². The SMILES string of the molecule is O=C(Nc1ccccc1)O[C@H]1CCC[C@H](NC(=O)C2(c3cccs3)CCCC2)C1. The average molecular weight is 413 g/mol. The first-order chi connectivity index (χ1) is 14.2. The standard InChI is InChI=1S/C23H28N2O3S/c26-21(23(13-4-5-14-23)20-12-7-15-29-20)24-18-10-6-11-19(16-18)28-22(27)25-17-8-2-1-3-9-17/h1-3,7-9,12,15,18-19H,4-6,10-11,13-14,16H2,(H,24,26)(H,25,27)/t18-,19-/m0/s1. The molecule has 5 nitrogen and oxygen atoms in total. The van der Waals surface area contributed by atoms with Crippen LogP contribution >= 0.6 is 11.3 Å². The van der Waals surface area contributed by atoms with Gasteiger partial charge in [-0.2, -0.15) is 0 Å². The van der Waals surface area contributed by atoms with Gasteiger partial charge in [0, 0.05) is 23.0 Å². The van der Waals surface area contributed by atoms with Gasteiger partial charge in [0.25, 0.3) is 0 Å². The van der Waals surface area contributed by atoms with Crippen LogP contribution in [0.2, 0.25) is 0 Å². The maximum atomic E-state index is 13.3. The van der Waals surface area contributed by atoms with Crippen LogP contribution in [0.5, 0.6) is 0 Å². The smallest absolute Gasteiger partial charge is 0.411 e. The van der Waals surface area contributed by atoms with Gasteiger partial charge in [-0.1, -0.05) is 37.1 Å². The Balaban J connectivity index is 1.33. The number of carbonyl (C=O) groups excluding carboxylic acids is 2. The van der Waals surface area contributed by atoms with E-state index in [9.17, 15) is 9.59 Å². The summed E-state index contributed by atoms with van der Waals surface area (Å²) in [4.78, 5) is 26.7. The molecule has 0 aliphatic heterocycles. The lowest BCUT2D eigenvalue weighted by Gasteiger charge is -2.33. The fraction of sp³-hybridized carbons (Fsp3) is 0.478. The van der Waals surface area contributed by atoms with Crippen molar-refractivity contribution in [1.82, 2.24) is 5.32 Å². The zero-order chi connectivity index (χ0) is 20.1. The molecule has 4 rings (SSSR count). The molecule has 2 aromatic rings. The number of nitrogens with one attached hydrogen (secondary N) is 2. The third-order valence-electron chi connectivity index (χ3n) is 6.14. The first kappa shape index (κ1) is 20.0. The molecule has 2 aliphatic carbocycles. The van der Waals surface area contributed by atoms with Crippen LogP contribution in [0.1, 0.15) is 56.2 Å². The molecule has 1 aromatic carbocycles. The topological polar surface area (TPSA) is 67.4 Å². The van der Waals surface area contributed by atoms with Crippen molar-refractivity contribution < 1.29 is 14.3 Å². The molecule has 0 radical (unpaired) electrons. The van der Waals surface area contributed by atoms with Crippen LogP contribution in [0.25, 0.3) is 0 Å². The van der Waals surface area contributed by atoms with Gasteiger partial charge in [-0.05, 0) is 55.7 Å². The Morgan fingerprint density at radius 2 is 1.79 bits per heavy atom.